The van der Waals surface area contributed by atoms with Crippen LogP contribution in [0.2, 0.25) is 0 Å². The molecule has 170 valence electrons. The topological polar surface area (TPSA) is 132 Å². The highest BCUT2D eigenvalue weighted by atomic mass is 16.5. The maximum atomic E-state index is 12.8. The Morgan fingerprint density at radius 2 is 1.67 bits per heavy atom. The zero-order chi connectivity index (χ0) is 23.4. The first kappa shape index (κ1) is 22.4. The number of carbonyl (C=O) groups is 2. The summed E-state index contributed by atoms with van der Waals surface area (Å²) >= 11 is 0. The van der Waals surface area contributed by atoms with Gasteiger partial charge in [0.05, 0.1) is 25.2 Å². The quantitative estimate of drug-likeness (QED) is 0.221. The van der Waals surface area contributed by atoms with Crippen molar-refractivity contribution in [3.8, 4) is 5.75 Å². The second-order valence-corrected chi connectivity index (χ2v) is 8.01. The van der Waals surface area contributed by atoms with Gasteiger partial charge < -0.3 is 20.9 Å². The first-order valence-electron chi connectivity index (χ1n) is 10.7. The smallest absolute Gasteiger partial charge is 0.343 e. The van der Waals surface area contributed by atoms with E-state index in [0.29, 0.717) is 22.1 Å². The Morgan fingerprint density at radius 1 is 0.970 bits per heavy atom. The summed E-state index contributed by atoms with van der Waals surface area (Å²) in [5, 5.41) is 9.10. The molecule has 4 rings (SSSR count). The molecule has 3 aromatic carbocycles. The van der Waals surface area contributed by atoms with E-state index in [1.165, 1.54) is 0 Å². The number of esters is 1. The molecule has 1 aliphatic heterocycles. The number of rotatable bonds is 7. The fourth-order valence-electron chi connectivity index (χ4n) is 3.92. The Kier molecular flexibility index (Phi) is 6.67. The predicted octanol–water partition coefficient (Wildman–Crippen LogP) is 2.20. The zero-order valence-electron chi connectivity index (χ0n) is 18.2. The van der Waals surface area contributed by atoms with E-state index in [1.807, 2.05) is 12.1 Å². The van der Waals surface area contributed by atoms with Gasteiger partial charge in [0.25, 0.3) is 0 Å². The van der Waals surface area contributed by atoms with E-state index in [0.717, 1.165) is 43.8 Å². The minimum Gasteiger partial charge on any atom is -0.423 e. The van der Waals surface area contributed by atoms with Crippen molar-refractivity contribution in [1.29, 1.82) is 5.41 Å². The molecular weight excluding hydrogens is 420 g/mol. The summed E-state index contributed by atoms with van der Waals surface area (Å²) in [6.07, 6.45) is -0.0855. The largest absolute Gasteiger partial charge is 0.423 e. The van der Waals surface area contributed by atoms with Crippen molar-refractivity contribution < 1.29 is 19.1 Å². The fraction of sp³-hybridized carbons (Fsp3) is 0.240. The van der Waals surface area contributed by atoms with Crippen LogP contribution in [0.1, 0.15) is 27.0 Å². The van der Waals surface area contributed by atoms with Crippen molar-refractivity contribution >= 4 is 28.5 Å². The number of amides is 1. The number of nitrogens with zero attached hydrogens (tertiary/aromatic N) is 1. The molecule has 0 unspecified atom stereocenters. The molecule has 8 heteroatoms. The van der Waals surface area contributed by atoms with Gasteiger partial charge in [0.15, 0.2) is 0 Å². The van der Waals surface area contributed by atoms with Gasteiger partial charge in [-0.2, -0.15) is 0 Å². The Balaban J connectivity index is 1.55. The second kappa shape index (κ2) is 9.81. The molecule has 1 aliphatic rings. The van der Waals surface area contributed by atoms with Crippen molar-refractivity contribution in [2.24, 2.45) is 11.5 Å². The molecule has 0 aromatic heterocycles. The summed E-state index contributed by atoms with van der Waals surface area (Å²) in [7, 11) is 0. The molecule has 0 aliphatic carbocycles. The maximum absolute atomic E-state index is 12.8. The third-order valence-electron chi connectivity index (χ3n) is 5.65. The zero-order valence-corrected chi connectivity index (χ0v) is 18.2. The lowest BCUT2D eigenvalue weighted by molar-refractivity contribution is -0.117. The van der Waals surface area contributed by atoms with Crippen LogP contribution in [0, 0.1) is 5.41 Å². The fourth-order valence-corrected chi connectivity index (χ4v) is 3.92. The van der Waals surface area contributed by atoms with Crippen LogP contribution < -0.4 is 16.2 Å². The molecule has 8 nitrogen and oxygen atoms in total. The second-order valence-electron chi connectivity index (χ2n) is 8.01. The van der Waals surface area contributed by atoms with Crippen LogP contribution in [-0.4, -0.2) is 48.9 Å². The van der Waals surface area contributed by atoms with Gasteiger partial charge in [-0.25, -0.2) is 4.79 Å². The van der Waals surface area contributed by atoms with Crippen LogP contribution in [-0.2, 0) is 22.5 Å². The lowest BCUT2D eigenvalue weighted by atomic mass is 9.98. The minimum atomic E-state index is -0.539. The van der Waals surface area contributed by atoms with Crippen LogP contribution in [0.3, 0.4) is 0 Å². The highest BCUT2D eigenvalue weighted by Gasteiger charge is 2.17. The van der Waals surface area contributed by atoms with Gasteiger partial charge in [0, 0.05) is 30.8 Å². The highest BCUT2D eigenvalue weighted by Crippen LogP contribution is 2.30. The number of primary amides is 1. The Hall–Kier alpha value is -3.75. The minimum absolute atomic E-state index is 0.0547. The maximum Gasteiger partial charge on any atom is 0.343 e. The van der Waals surface area contributed by atoms with Crippen LogP contribution in [0.15, 0.2) is 54.6 Å². The average Bonchev–Trinajstić information content (AvgIpc) is 2.81. The Labute approximate surface area is 191 Å². The molecule has 33 heavy (non-hydrogen) atoms. The third-order valence-corrected chi connectivity index (χ3v) is 5.65. The number of nitrogens with two attached hydrogens (primary N) is 2. The molecule has 1 saturated heterocycles. The monoisotopic (exact) mass is 446 g/mol. The molecule has 0 spiro atoms. The number of nitrogen functional groups attached to an aromatic ring is 1. The van der Waals surface area contributed by atoms with Gasteiger partial charge in [-0.15, -0.1) is 0 Å². The molecule has 1 fully saturated rings. The Morgan fingerprint density at radius 3 is 2.33 bits per heavy atom. The summed E-state index contributed by atoms with van der Waals surface area (Å²) in [4.78, 5) is 26.8. The van der Waals surface area contributed by atoms with Crippen molar-refractivity contribution in [2.45, 2.75) is 13.0 Å². The molecule has 0 saturated carbocycles. The van der Waals surface area contributed by atoms with Gasteiger partial charge in [-0.05, 0) is 40.6 Å². The summed E-state index contributed by atoms with van der Waals surface area (Å²) in [5.74, 6) is -0.832. The van der Waals surface area contributed by atoms with Crippen molar-refractivity contribution in [3.05, 3.63) is 76.9 Å². The molecule has 0 atom stereocenters. The van der Waals surface area contributed by atoms with E-state index in [-0.39, 0.29) is 18.0 Å². The first-order chi connectivity index (χ1) is 15.9. The van der Waals surface area contributed by atoms with E-state index < -0.39 is 11.9 Å². The van der Waals surface area contributed by atoms with Crippen LogP contribution in [0.4, 0.5) is 0 Å². The van der Waals surface area contributed by atoms with E-state index in [2.05, 4.69) is 4.90 Å². The van der Waals surface area contributed by atoms with Crippen LogP contribution >= 0.6 is 0 Å². The van der Waals surface area contributed by atoms with Crippen molar-refractivity contribution in [3.63, 3.8) is 0 Å². The van der Waals surface area contributed by atoms with E-state index >= 15 is 0 Å². The predicted molar refractivity (Wildman–Crippen MR) is 125 cm³/mol. The summed E-state index contributed by atoms with van der Waals surface area (Å²) in [6.45, 7) is 4.05. The third kappa shape index (κ3) is 5.36. The number of nitrogens with one attached hydrogen (secondary N) is 1. The normalized spacial score (nSPS) is 14.2. The van der Waals surface area contributed by atoms with Gasteiger partial charge in [-0.1, -0.05) is 30.3 Å². The number of morpholine rings is 1. The number of carbonyl (C=O) groups excluding carboxylic acids is 2. The summed E-state index contributed by atoms with van der Waals surface area (Å²) < 4.78 is 11.0. The summed E-state index contributed by atoms with van der Waals surface area (Å²) in [5.41, 5.74) is 13.6. The summed E-state index contributed by atoms with van der Waals surface area (Å²) in [6, 6.07) is 15.9. The first-order valence-corrected chi connectivity index (χ1v) is 10.7. The number of hydrogen-bond acceptors (Lipinski definition) is 6. The SMILES string of the molecule is N=C(N)c1ccc2c(CC(N)=O)c(OC(=O)c3ccc(CN4CCOCC4)cc3)ccc2c1. The number of benzene rings is 3. The molecule has 0 bridgehead atoms. The molecule has 3 aromatic rings. The molecular formula is C25H26N4O4. The number of hydrogen-bond donors (Lipinski definition) is 3. The van der Waals surface area contributed by atoms with Crippen molar-refractivity contribution in [2.75, 3.05) is 26.3 Å². The highest BCUT2D eigenvalue weighted by molar-refractivity contribution is 6.01. The van der Waals surface area contributed by atoms with Gasteiger partial charge in [-0.3, -0.25) is 15.1 Å². The average molecular weight is 447 g/mol. The van der Waals surface area contributed by atoms with Gasteiger partial charge in [0.1, 0.15) is 11.6 Å². The van der Waals surface area contributed by atoms with Gasteiger partial charge >= 0.3 is 5.97 Å². The number of fused-ring (bicyclic) bond motifs is 1. The molecule has 0 radical (unpaired) electrons. The van der Waals surface area contributed by atoms with E-state index in [4.69, 9.17) is 26.4 Å². The van der Waals surface area contributed by atoms with E-state index in [1.54, 1.807) is 42.5 Å². The Bertz CT molecular complexity index is 1200. The number of ether oxygens (including phenoxy) is 2. The van der Waals surface area contributed by atoms with Crippen molar-refractivity contribution in [1.82, 2.24) is 4.90 Å². The molecule has 1 amide bonds. The van der Waals surface area contributed by atoms with E-state index in [9.17, 15) is 9.59 Å². The standard InChI is InChI=1S/C25H26N4O4/c26-23(30)14-21-20-7-5-19(24(27)28)13-18(20)6-8-22(21)33-25(31)17-3-1-16(2-4-17)15-29-9-11-32-12-10-29/h1-8,13H,9-12,14-15H2,(H2,26,30)(H3,27,28). The molecule has 1 heterocycles. The molecule has 5 N–H and O–H groups in total. The number of amidine groups is 1. The lowest BCUT2D eigenvalue weighted by Gasteiger charge is -2.26. The van der Waals surface area contributed by atoms with Crippen LogP contribution in [0.25, 0.3) is 10.8 Å². The van der Waals surface area contributed by atoms with Crippen LogP contribution in [0.5, 0.6) is 5.75 Å². The van der Waals surface area contributed by atoms with Gasteiger partial charge in [0.2, 0.25) is 5.91 Å². The lowest BCUT2D eigenvalue weighted by Crippen LogP contribution is -2.35.